The summed E-state index contributed by atoms with van der Waals surface area (Å²) in [5.41, 5.74) is 1.13. The number of aromatic nitrogens is 2. The molecule has 2 aromatic rings. The van der Waals surface area contributed by atoms with Gasteiger partial charge in [-0.3, -0.25) is 0 Å². The van der Waals surface area contributed by atoms with E-state index in [-0.39, 0.29) is 0 Å². The highest BCUT2D eigenvalue weighted by atomic mass is 16.5. The van der Waals surface area contributed by atoms with Crippen LogP contribution in [0.4, 0.5) is 0 Å². The zero-order valence-corrected chi connectivity index (χ0v) is 9.42. The lowest BCUT2D eigenvalue weighted by Crippen LogP contribution is -1.88. The van der Waals surface area contributed by atoms with Crippen LogP contribution in [0.5, 0.6) is 5.75 Å². The standard InChI is InChI=1S/C13H14N2O/c1-15-10-9-14-13(15)8-5-11-3-6-12(16-2)7-4-11/h3-10H,1-2H3/b8-5+. The summed E-state index contributed by atoms with van der Waals surface area (Å²) < 4.78 is 7.07. The Balaban J connectivity index is 2.14. The molecule has 0 unspecified atom stereocenters. The molecule has 3 heteroatoms. The maximum atomic E-state index is 5.10. The predicted octanol–water partition coefficient (Wildman–Crippen LogP) is 2.60. The van der Waals surface area contributed by atoms with Gasteiger partial charge in [0.05, 0.1) is 7.11 Å². The van der Waals surface area contributed by atoms with E-state index < -0.39 is 0 Å². The van der Waals surface area contributed by atoms with Gasteiger partial charge >= 0.3 is 0 Å². The molecule has 1 aromatic heterocycles. The first kappa shape index (κ1) is 10.5. The Kier molecular flexibility index (Phi) is 3.05. The van der Waals surface area contributed by atoms with Gasteiger partial charge in [-0.15, -0.1) is 0 Å². The molecule has 0 amide bonds. The highest BCUT2D eigenvalue weighted by Gasteiger charge is 1.93. The van der Waals surface area contributed by atoms with E-state index in [4.69, 9.17) is 4.74 Å². The number of ether oxygens (including phenoxy) is 1. The lowest BCUT2D eigenvalue weighted by molar-refractivity contribution is 0.415. The molecule has 0 N–H and O–H groups in total. The maximum Gasteiger partial charge on any atom is 0.132 e. The highest BCUT2D eigenvalue weighted by Crippen LogP contribution is 2.13. The number of nitrogens with zero attached hydrogens (tertiary/aromatic N) is 2. The van der Waals surface area contributed by atoms with Crippen LogP contribution >= 0.6 is 0 Å². The van der Waals surface area contributed by atoms with Crippen molar-refractivity contribution in [3.05, 3.63) is 48.0 Å². The van der Waals surface area contributed by atoms with Crippen molar-refractivity contribution in [2.45, 2.75) is 0 Å². The van der Waals surface area contributed by atoms with Crippen LogP contribution in [0.15, 0.2) is 36.7 Å². The van der Waals surface area contributed by atoms with Gasteiger partial charge in [0.15, 0.2) is 0 Å². The zero-order valence-electron chi connectivity index (χ0n) is 9.42. The van der Waals surface area contributed by atoms with Crippen LogP contribution in [-0.4, -0.2) is 16.7 Å². The lowest BCUT2D eigenvalue weighted by Gasteiger charge is -1.99. The van der Waals surface area contributed by atoms with Crippen LogP contribution in [0.3, 0.4) is 0 Å². The molecule has 0 aliphatic heterocycles. The number of methoxy groups -OCH3 is 1. The summed E-state index contributed by atoms with van der Waals surface area (Å²) in [6, 6.07) is 7.91. The predicted molar refractivity (Wildman–Crippen MR) is 65.1 cm³/mol. The van der Waals surface area contributed by atoms with Crippen molar-refractivity contribution in [2.75, 3.05) is 7.11 Å². The molecule has 0 bridgehead atoms. The molecular formula is C13H14N2O. The van der Waals surface area contributed by atoms with Gasteiger partial charge < -0.3 is 9.30 Å². The normalized spacial score (nSPS) is 10.9. The molecule has 0 spiro atoms. The van der Waals surface area contributed by atoms with E-state index in [1.165, 1.54) is 0 Å². The molecule has 2 rings (SSSR count). The average Bonchev–Trinajstić information content (AvgIpc) is 2.73. The first-order valence-electron chi connectivity index (χ1n) is 5.09. The molecule has 0 fully saturated rings. The van der Waals surface area contributed by atoms with E-state index in [9.17, 15) is 0 Å². The minimum atomic E-state index is 0.870. The second-order valence-corrected chi connectivity index (χ2v) is 3.50. The molecule has 3 nitrogen and oxygen atoms in total. The van der Waals surface area contributed by atoms with Crippen molar-refractivity contribution in [3.8, 4) is 5.75 Å². The summed E-state index contributed by atoms with van der Waals surface area (Å²) in [5.74, 6) is 1.81. The Morgan fingerprint density at radius 3 is 2.50 bits per heavy atom. The smallest absolute Gasteiger partial charge is 0.132 e. The van der Waals surface area contributed by atoms with Crippen molar-refractivity contribution in [3.63, 3.8) is 0 Å². The third-order valence-corrected chi connectivity index (χ3v) is 2.40. The topological polar surface area (TPSA) is 27.1 Å². The Morgan fingerprint density at radius 2 is 1.94 bits per heavy atom. The molecule has 82 valence electrons. The fraction of sp³-hybridized carbons (Fsp3) is 0.154. The second kappa shape index (κ2) is 4.66. The fourth-order valence-corrected chi connectivity index (χ4v) is 1.42. The van der Waals surface area contributed by atoms with E-state index in [0.29, 0.717) is 0 Å². The van der Waals surface area contributed by atoms with E-state index in [1.54, 1.807) is 13.3 Å². The van der Waals surface area contributed by atoms with Crippen molar-refractivity contribution in [2.24, 2.45) is 7.05 Å². The van der Waals surface area contributed by atoms with Gasteiger partial charge in [-0.05, 0) is 23.8 Å². The maximum absolute atomic E-state index is 5.10. The van der Waals surface area contributed by atoms with E-state index in [0.717, 1.165) is 17.1 Å². The summed E-state index contributed by atoms with van der Waals surface area (Å²) >= 11 is 0. The van der Waals surface area contributed by atoms with Crippen molar-refractivity contribution < 1.29 is 4.74 Å². The van der Waals surface area contributed by atoms with Crippen LogP contribution in [0.2, 0.25) is 0 Å². The SMILES string of the molecule is COc1ccc(/C=C/c2nccn2C)cc1. The zero-order chi connectivity index (χ0) is 11.4. The van der Waals surface area contributed by atoms with Crippen molar-refractivity contribution >= 4 is 12.2 Å². The fourth-order valence-electron chi connectivity index (χ4n) is 1.42. The number of aryl methyl sites for hydroxylation is 1. The summed E-state index contributed by atoms with van der Waals surface area (Å²) in [6.07, 6.45) is 7.73. The number of hydrogen-bond donors (Lipinski definition) is 0. The van der Waals surface area contributed by atoms with Crippen molar-refractivity contribution in [1.82, 2.24) is 9.55 Å². The van der Waals surface area contributed by atoms with Gasteiger partial charge in [0.2, 0.25) is 0 Å². The largest absolute Gasteiger partial charge is 0.497 e. The van der Waals surface area contributed by atoms with Crippen molar-refractivity contribution in [1.29, 1.82) is 0 Å². The number of imidazole rings is 1. The first-order valence-corrected chi connectivity index (χ1v) is 5.09. The van der Waals surface area contributed by atoms with Crippen LogP contribution in [0.1, 0.15) is 11.4 Å². The minimum Gasteiger partial charge on any atom is -0.497 e. The Labute approximate surface area is 95.0 Å². The molecule has 0 aliphatic rings. The third kappa shape index (κ3) is 2.31. The first-order chi connectivity index (χ1) is 7.79. The van der Waals surface area contributed by atoms with E-state index >= 15 is 0 Å². The van der Waals surface area contributed by atoms with Gasteiger partial charge in [0.1, 0.15) is 11.6 Å². The van der Waals surface area contributed by atoms with Gasteiger partial charge in [-0.2, -0.15) is 0 Å². The summed E-state index contributed by atoms with van der Waals surface area (Å²) in [4.78, 5) is 4.22. The third-order valence-electron chi connectivity index (χ3n) is 2.40. The van der Waals surface area contributed by atoms with Crippen LogP contribution in [0, 0.1) is 0 Å². The van der Waals surface area contributed by atoms with E-state index in [1.807, 2.05) is 54.2 Å². The molecule has 0 saturated carbocycles. The molecule has 0 radical (unpaired) electrons. The van der Waals surface area contributed by atoms with Gasteiger partial charge in [0.25, 0.3) is 0 Å². The minimum absolute atomic E-state index is 0.870. The van der Waals surface area contributed by atoms with Gasteiger partial charge in [-0.1, -0.05) is 18.2 Å². The second-order valence-electron chi connectivity index (χ2n) is 3.50. The molecule has 1 aromatic carbocycles. The molecule has 0 atom stereocenters. The molecule has 0 saturated heterocycles. The number of rotatable bonds is 3. The average molecular weight is 214 g/mol. The molecular weight excluding hydrogens is 200 g/mol. The summed E-state index contributed by atoms with van der Waals surface area (Å²) in [7, 11) is 3.64. The molecule has 16 heavy (non-hydrogen) atoms. The number of hydrogen-bond acceptors (Lipinski definition) is 2. The monoisotopic (exact) mass is 214 g/mol. The van der Waals surface area contributed by atoms with Gasteiger partial charge in [0, 0.05) is 19.4 Å². The number of benzene rings is 1. The lowest BCUT2D eigenvalue weighted by atomic mass is 10.2. The van der Waals surface area contributed by atoms with Crippen LogP contribution in [0.25, 0.3) is 12.2 Å². The Bertz CT molecular complexity index is 483. The molecule has 0 aliphatic carbocycles. The van der Waals surface area contributed by atoms with Crippen LogP contribution in [-0.2, 0) is 7.05 Å². The Morgan fingerprint density at radius 1 is 1.19 bits per heavy atom. The van der Waals surface area contributed by atoms with E-state index in [2.05, 4.69) is 4.98 Å². The van der Waals surface area contributed by atoms with Crippen LogP contribution < -0.4 is 4.74 Å². The summed E-state index contributed by atoms with van der Waals surface area (Å²) in [5, 5.41) is 0. The Hall–Kier alpha value is -2.03. The molecule has 1 heterocycles. The quantitative estimate of drug-likeness (QED) is 0.785. The van der Waals surface area contributed by atoms with Gasteiger partial charge in [-0.25, -0.2) is 4.98 Å². The summed E-state index contributed by atoms with van der Waals surface area (Å²) in [6.45, 7) is 0. The highest BCUT2D eigenvalue weighted by molar-refractivity contribution is 5.67.